The van der Waals surface area contributed by atoms with E-state index in [-0.39, 0.29) is 42.6 Å². The van der Waals surface area contributed by atoms with Crippen molar-refractivity contribution in [2.75, 3.05) is 0 Å². The first-order valence-corrected chi connectivity index (χ1v) is 7.05. The fourth-order valence-corrected chi connectivity index (χ4v) is 2.74. The highest BCUT2D eigenvalue weighted by Crippen LogP contribution is 2.41. The molecule has 2 heterocycles. The summed E-state index contributed by atoms with van der Waals surface area (Å²) in [4.78, 5) is 27.0. The zero-order valence-corrected chi connectivity index (χ0v) is 13.0. The van der Waals surface area contributed by atoms with Gasteiger partial charge in [0.15, 0.2) is 11.6 Å². The fraction of sp³-hybridized carbons (Fsp3) is 0. The third kappa shape index (κ3) is 2.36. The van der Waals surface area contributed by atoms with Gasteiger partial charge in [-0.3, -0.25) is 4.79 Å². The molecule has 0 atom stereocenters. The fourth-order valence-electron chi connectivity index (χ4n) is 1.77. The molecule has 5 nitrogen and oxygen atoms in total. The predicted molar refractivity (Wildman–Crippen MR) is 83.4 cm³/mol. The van der Waals surface area contributed by atoms with Gasteiger partial charge >= 0.3 is 0 Å². The van der Waals surface area contributed by atoms with Gasteiger partial charge in [0.05, 0.1) is 25.5 Å². The summed E-state index contributed by atoms with van der Waals surface area (Å²) in [5.41, 5.74) is -0.366. The SMILES string of the molecule is O=c1[nH]c(-c2ncccn2)nc2c(Cl)c(Cl)c(Cl)c(Cl)c12. The zero-order valence-electron chi connectivity index (χ0n) is 9.99. The first-order valence-electron chi connectivity index (χ1n) is 5.54. The Bertz CT molecular complexity index is 911. The van der Waals surface area contributed by atoms with Crippen LogP contribution < -0.4 is 5.56 Å². The molecule has 9 heteroatoms. The molecule has 0 saturated carbocycles. The van der Waals surface area contributed by atoms with Gasteiger partial charge < -0.3 is 4.98 Å². The number of hydrogen-bond donors (Lipinski definition) is 1. The lowest BCUT2D eigenvalue weighted by Gasteiger charge is -2.08. The predicted octanol–water partition coefficient (Wildman–Crippen LogP) is 3.99. The summed E-state index contributed by atoms with van der Waals surface area (Å²) in [5.74, 6) is 0.402. The lowest BCUT2D eigenvalue weighted by Crippen LogP contribution is -2.11. The molecule has 1 N–H and O–H groups in total. The maximum Gasteiger partial charge on any atom is 0.260 e. The number of nitrogens with zero attached hydrogens (tertiary/aromatic N) is 3. The number of aromatic nitrogens is 4. The molecule has 0 aliphatic carbocycles. The Labute approximate surface area is 137 Å². The summed E-state index contributed by atoms with van der Waals surface area (Å²) in [7, 11) is 0. The maximum atomic E-state index is 12.2. The van der Waals surface area contributed by atoms with E-state index in [1.54, 1.807) is 6.07 Å². The van der Waals surface area contributed by atoms with Crippen LogP contribution in [0.4, 0.5) is 0 Å². The van der Waals surface area contributed by atoms with Crippen LogP contribution in [0.15, 0.2) is 23.3 Å². The molecule has 0 spiro atoms. The van der Waals surface area contributed by atoms with E-state index in [9.17, 15) is 4.79 Å². The van der Waals surface area contributed by atoms with Crippen LogP contribution in [0.25, 0.3) is 22.6 Å². The molecule has 0 bridgehead atoms. The molecule has 2 aromatic heterocycles. The molecule has 0 amide bonds. The van der Waals surface area contributed by atoms with Crippen LogP contribution in [-0.4, -0.2) is 19.9 Å². The summed E-state index contributed by atoms with van der Waals surface area (Å²) in [6.07, 6.45) is 3.05. The van der Waals surface area contributed by atoms with Gasteiger partial charge in [-0.1, -0.05) is 46.4 Å². The third-order valence-electron chi connectivity index (χ3n) is 2.70. The first kappa shape index (κ1) is 14.5. The van der Waals surface area contributed by atoms with Gasteiger partial charge in [0, 0.05) is 12.4 Å². The molecular formula is C12H4Cl4N4O. The standard InChI is InChI=1S/C12H4Cl4N4O/c13-5-4-9(8(16)7(15)6(5)14)19-11(20-12(4)21)10-17-2-1-3-18-10/h1-3H,(H,19,20,21). The van der Waals surface area contributed by atoms with Crippen LogP contribution in [0.1, 0.15) is 0 Å². The Hall–Kier alpha value is -1.40. The van der Waals surface area contributed by atoms with E-state index in [1.165, 1.54) is 12.4 Å². The third-order valence-corrected chi connectivity index (χ3v) is 4.49. The van der Waals surface area contributed by atoms with Gasteiger partial charge in [-0.05, 0) is 6.07 Å². The van der Waals surface area contributed by atoms with Crippen molar-refractivity contribution in [3.8, 4) is 11.6 Å². The lowest BCUT2D eigenvalue weighted by molar-refractivity contribution is 1.08. The Kier molecular flexibility index (Phi) is 3.75. The lowest BCUT2D eigenvalue weighted by atomic mass is 10.2. The van der Waals surface area contributed by atoms with Crippen molar-refractivity contribution in [1.29, 1.82) is 0 Å². The smallest absolute Gasteiger partial charge is 0.260 e. The van der Waals surface area contributed by atoms with E-state index in [0.717, 1.165) is 0 Å². The van der Waals surface area contributed by atoms with Crippen LogP contribution in [0.3, 0.4) is 0 Å². The molecule has 1 aromatic carbocycles. The molecule has 21 heavy (non-hydrogen) atoms. The van der Waals surface area contributed by atoms with Crippen molar-refractivity contribution in [2.45, 2.75) is 0 Å². The van der Waals surface area contributed by atoms with Gasteiger partial charge in [-0.25, -0.2) is 15.0 Å². The van der Waals surface area contributed by atoms with Gasteiger partial charge in [-0.2, -0.15) is 0 Å². The highest BCUT2D eigenvalue weighted by molar-refractivity contribution is 6.55. The molecule has 3 rings (SSSR count). The molecule has 0 aliphatic heterocycles. The van der Waals surface area contributed by atoms with Crippen LogP contribution in [0.5, 0.6) is 0 Å². The van der Waals surface area contributed by atoms with Gasteiger partial charge in [0.2, 0.25) is 0 Å². The topological polar surface area (TPSA) is 71.5 Å². The van der Waals surface area contributed by atoms with Crippen molar-refractivity contribution >= 4 is 57.3 Å². The average molecular weight is 362 g/mol. The minimum atomic E-state index is -0.507. The number of fused-ring (bicyclic) bond motifs is 1. The van der Waals surface area contributed by atoms with Crippen LogP contribution in [0.2, 0.25) is 20.1 Å². The number of halogens is 4. The Morgan fingerprint density at radius 2 is 1.52 bits per heavy atom. The molecule has 106 valence electrons. The van der Waals surface area contributed by atoms with Gasteiger partial charge in [0.1, 0.15) is 5.52 Å². The number of rotatable bonds is 1. The van der Waals surface area contributed by atoms with E-state index in [1.807, 2.05) is 0 Å². The Morgan fingerprint density at radius 3 is 2.19 bits per heavy atom. The summed E-state index contributed by atoms with van der Waals surface area (Å²) in [5, 5.41) is 0.149. The van der Waals surface area contributed by atoms with E-state index in [4.69, 9.17) is 46.4 Å². The van der Waals surface area contributed by atoms with E-state index in [2.05, 4.69) is 19.9 Å². The molecule has 3 aromatic rings. The summed E-state index contributed by atoms with van der Waals surface area (Å²) in [6, 6.07) is 1.64. The largest absolute Gasteiger partial charge is 0.303 e. The number of hydrogen-bond acceptors (Lipinski definition) is 4. The Morgan fingerprint density at radius 1 is 0.905 bits per heavy atom. The summed E-state index contributed by atoms with van der Waals surface area (Å²) >= 11 is 24.1. The van der Waals surface area contributed by atoms with Gasteiger partial charge in [-0.15, -0.1) is 0 Å². The van der Waals surface area contributed by atoms with E-state index < -0.39 is 5.56 Å². The molecule has 0 radical (unpaired) electrons. The van der Waals surface area contributed by atoms with Crippen molar-refractivity contribution in [1.82, 2.24) is 19.9 Å². The Balaban J connectivity index is 2.43. The van der Waals surface area contributed by atoms with Crippen LogP contribution >= 0.6 is 46.4 Å². The quantitative estimate of drug-likeness (QED) is 0.525. The van der Waals surface area contributed by atoms with Crippen molar-refractivity contribution < 1.29 is 0 Å². The van der Waals surface area contributed by atoms with Crippen molar-refractivity contribution in [3.63, 3.8) is 0 Å². The maximum absolute atomic E-state index is 12.2. The van der Waals surface area contributed by atoms with Crippen molar-refractivity contribution in [2.24, 2.45) is 0 Å². The second-order valence-electron chi connectivity index (χ2n) is 3.97. The van der Waals surface area contributed by atoms with E-state index in [0.29, 0.717) is 0 Å². The minimum Gasteiger partial charge on any atom is -0.303 e. The molecule has 0 fully saturated rings. The number of aromatic amines is 1. The second kappa shape index (κ2) is 5.42. The normalized spacial score (nSPS) is 11.0. The number of nitrogens with one attached hydrogen (secondary N) is 1. The number of H-pyrrole nitrogens is 1. The van der Waals surface area contributed by atoms with Crippen molar-refractivity contribution in [3.05, 3.63) is 48.9 Å². The van der Waals surface area contributed by atoms with Crippen LogP contribution in [0, 0.1) is 0 Å². The molecule has 0 aliphatic rings. The molecule has 0 saturated heterocycles. The number of benzene rings is 1. The monoisotopic (exact) mass is 360 g/mol. The first-order chi connectivity index (χ1) is 10.0. The molecular weight excluding hydrogens is 358 g/mol. The summed E-state index contributed by atoms with van der Waals surface area (Å²) in [6.45, 7) is 0. The average Bonchev–Trinajstić information content (AvgIpc) is 2.51. The van der Waals surface area contributed by atoms with Gasteiger partial charge in [0.25, 0.3) is 5.56 Å². The minimum absolute atomic E-state index is 0.00431. The highest BCUT2D eigenvalue weighted by Gasteiger charge is 2.20. The zero-order chi connectivity index (χ0) is 15.1. The van der Waals surface area contributed by atoms with Crippen LogP contribution in [-0.2, 0) is 0 Å². The van der Waals surface area contributed by atoms with E-state index >= 15 is 0 Å². The molecule has 0 unspecified atom stereocenters. The highest BCUT2D eigenvalue weighted by atomic mass is 35.5. The summed E-state index contributed by atoms with van der Waals surface area (Å²) < 4.78 is 0. The second-order valence-corrected chi connectivity index (χ2v) is 5.48.